The highest BCUT2D eigenvalue weighted by Gasteiger charge is 2.28. The molecule has 0 spiro atoms. The van der Waals surface area contributed by atoms with Crippen LogP contribution in [0.1, 0.15) is 6.42 Å². The second-order valence-corrected chi connectivity index (χ2v) is 5.40. The summed E-state index contributed by atoms with van der Waals surface area (Å²) in [6.07, 6.45) is 2.26. The smallest absolute Gasteiger partial charge is 0.403 e. The SMILES string of the molecule is O=C(O)CN(CCCN1C(=O)C=CC1=O)P(=O)(O)O. The summed E-state index contributed by atoms with van der Waals surface area (Å²) in [5, 5.41) is 8.53. The van der Waals surface area contributed by atoms with Gasteiger partial charge in [-0.2, -0.15) is 4.67 Å². The summed E-state index contributed by atoms with van der Waals surface area (Å²) in [6, 6.07) is 0. The van der Waals surface area contributed by atoms with Gasteiger partial charge in [0.1, 0.15) is 6.54 Å². The van der Waals surface area contributed by atoms with E-state index in [0.717, 1.165) is 17.1 Å². The van der Waals surface area contributed by atoms with Crippen LogP contribution in [0.15, 0.2) is 12.2 Å². The van der Waals surface area contributed by atoms with Gasteiger partial charge in [-0.15, -0.1) is 0 Å². The standard InChI is InChI=1S/C9H13N2O7P/c12-7-2-3-8(13)11(7)5-1-4-10(6-9(14)15)19(16,17)18/h2-3H,1,4-6H2,(H,14,15)(H2,16,17,18). The number of amides is 2. The molecular formula is C9H13N2O7P. The minimum Gasteiger partial charge on any atom is -0.480 e. The lowest BCUT2D eigenvalue weighted by Crippen LogP contribution is -2.34. The van der Waals surface area contributed by atoms with E-state index in [2.05, 4.69) is 0 Å². The second kappa shape index (κ2) is 6.07. The van der Waals surface area contributed by atoms with Gasteiger partial charge in [-0.25, -0.2) is 4.57 Å². The van der Waals surface area contributed by atoms with Crippen LogP contribution in [0, 0.1) is 0 Å². The predicted molar refractivity (Wildman–Crippen MR) is 61.7 cm³/mol. The number of hydrogen-bond acceptors (Lipinski definition) is 4. The lowest BCUT2D eigenvalue weighted by atomic mass is 10.3. The number of carbonyl (C=O) groups is 3. The fourth-order valence-electron chi connectivity index (χ4n) is 1.52. The summed E-state index contributed by atoms with van der Waals surface area (Å²) >= 11 is 0. The third kappa shape index (κ3) is 4.56. The van der Waals surface area contributed by atoms with E-state index in [1.807, 2.05) is 0 Å². The molecule has 0 bridgehead atoms. The Balaban J connectivity index is 2.49. The molecule has 0 unspecified atom stereocenters. The Kier molecular flexibility index (Phi) is 4.96. The third-order valence-electron chi connectivity index (χ3n) is 2.38. The van der Waals surface area contributed by atoms with Gasteiger partial charge in [0.05, 0.1) is 0 Å². The summed E-state index contributed by atoms with van der Waals surface area (Å²) in [7, 11) is -4.67. The summed E-state index contributed by atoms with van der Waals surface area (Å²) in [5.41, 5.74) is 0. The van der Waals surface area contributed by atoms with Crippen LogP contribution in [0.2, 0.25) is 0 Å². The Morgan fingerprint density at radius 3 is 2.21 bits per heavy atom. The average molecular weight is 292 g/mol. The number of hydrogen-bond donors (Lipinski definition) is 3. The first-order chi connectivity index (χ1) is 8.71. The van der Waals surface area contributed by atoms with Crippen molar-refractivity contribution in [3.8, 4) is 0 Å². The average Bonchev–Trinajstić information content (AvgIpc) is 2.57. The molecule has 1 aliphatic heterocycles. The highest BCUT2D eigenvalue weighted by atomic mass is 31.2. The van der Waals surface area contributed by atoms with Gasteiger partial charge < -0.3 is 14.9 Å². The summed E-state index contributed by atoms with van der Waals surface area (Å²) in [5.74, 6) is -2.37. The number of aliphatic carboxylic acids is 1. The van der Waals surface area contributed by atoms with E-state index >= 15 is 0 Å². The quantitative estimate of drug-likeness (QED) is 0.392. The lowest BCUT2D eigenvalue weighted by molar-refractivity contribution is -0.139. The summed E-state index contributed by atoms with van der Waals surface area (Å²) < 4.78 is 11.5. The molecule has 1 aliphatic rings. The molecule has 0 saturated heterocycles. The van der Waals surface area contributed by atoms with Gasteiger partial charge in [-0.05, 0) is 6.42 Å². The second-order valence-electron chi connectivity index (χ2n) is 3.81. The monoisotopic (exact) mass is 292 g/mol. The number of carboxylic acid groups (broad SMARTS) is 1. The first kappa shape index (κ1) is 15.5. The minimum atomic E-state index is -4.67. The zero-order valence-electron chi connectivity index (χ0n) is 9.80. The predicted octanol–water partition coefficient (Wildman–Crippen LogP) is -1.22. The van der Waals surface area contributed by atoms with Crippen molar-refractivity contribution in [1.29, 1.82) is 0 Å². The highest BCUT2D eigenvalue weighted by molar-refractivity contribution is 7.49. The molecule has 0 saturated carbocycles. The maximum atomic E-state index is 11.2. The van der Waals surface area contributed by atoms with Crippen LogP contribution in [0.4, 0.5) is 0 Å². The van der Waals surface area contributed by atoms with Gasteiger partial charge in [0, 0.05) is 25.2 Å². The van der Waals surface area contributed by atoms with Crippen molar-refractivity contribution in [3.05, 3.63) is 12.2 Å². The lowest BCUT2D eigenvalue weighted by Gasteiger charge is -2.22. The zero-order chi connectivity index (χ0) is 14.6. The molecule has 0 atom stereocenters. The van der Waals surface area contributed by atoms with E-state index in [0.29, 0.717) is 4.67 Å². The molecule has 0 aromatic heterocycles. The molecule has 0 aromatic carbocycles. The van der Waals surface area contributed by atoms with Crippen molar-refractivity contribution in [2.75, 3.05) is 19.6 Å². The van der Waals surface area contributed by atoms with Crippen molar-refractivity contribution >= 4 is 25.5 Å². The van der Waals surface area contributed by atoms with Crippen molar-refractivity contribution in [2.24, 2.45) is 0 Å². The molecule has 0 aromatic rings. The third-order valence-corrected chi connectivity index (χ3v) is 3.46. The zero-order valence-corrected chi connectivity index (χ0v) is 10.7. The van der Waals surface area contributed by atoms with E-state index in [1.54, 1.807) is 0 Å². The van der Waals surface area contributed by atoms with Crippen LogP contribution in [0.5, 0.6) is 0 Å². The van der Waals surface area contributed by atoms with Gasteiger partial charge in [0.25, 0.3) is 11.8 Å². The Morgan fingerprint density at radius 1 is 1.26 bits per heavy atom. The highest BCUT2D eigenvalue weighted by Crippen LogP contribution is 2.39. The molecule has 2 amide bonds. The summed E-state index contributed by atoms with van der Waals surface area (Å²) in [4.78, 5) is 51.6. The van der Waals surface area contributed by atoms with E-state index < -0.39 is 32.1 Å². The summed E-state index contributed by atoms with van der Waals surface area (Å²) in [6.45, 7) is -1.08. The Morgan fingerprint density at radius 2 is 1.79 bits per heavy atom. The molecular weight excluding hydrogens is 279 g/mol. The van der Waals surface area contributed by atoms with Crippen molar-refractivity contribution in [2.45, 2.75) is 6.42 Å². The molecule has 9 nitrogen and oxygen atoms in total. The largest absolute Gasteiger partial charge is 0.480 e. The van der Waals surface area contributed by atoms with Crippen LogP contribution in [0.25, 0.3) is 0 Å². The van der Waals surface area contributed by atoms with Crippen molar-refractivity contribution in [1.82, 2.24) is 9.57 Å². The maximum Gasteiger partial charge on any atom is 0.403 e. The van der Waals surface area contributed by atoms with Crippen molar-refractivity contribution in [3.63, 3.8) is 0 Å². The van der Waals surface area contributed by atoms with Gasteiger partial charge in [0.2, 0.25) is 0 Å². The van der Waals surface area contributed by atoms with E-state index in [1.165, 1.54) is 0 Å². The molecule has 1 heterocycles. The molecule has 106 valence electrons. The normalized spacial score (nSPS) is 15.6. The molecule has 19 heavy (non-hydrogen) atoms. The number of carbonyl (C=O) groups excluding carboxylic acids is 2. The van der Waals surface area contributed by atoms with Gasteiger partial charge >= 0.3 is 13.7 Å². The van der Waals surface area contributed by atoms with Crippen LogP contribution < -0.4 is 0 Å². The molecule has 0 aliphatic carbocycles. The fraction of sp³-hybridized carbons (Fsp3) is 0.444. The first-order valence-electron chi connectivity index (χ1n) is 5.28. The van der Waals surface area contributed by atoms with Gasteiger partial charge in [-0.3, -0.25) is 19.3 Å². The minimum absolute atomic E-state index is 0.0270. The molecule has 3 N–H and O–H groups in total. The Bertz CT molecular complexity index is 451. The van der Waals surface area contributed by atoms with Crippen LogP contribution in [-0.4, -0.2) is 61.9 Å². The van der Waals surface area contributed by atoms with E-state index in [4.69, 9.17) is 14.9 Å². The number of rotatable bonds is 7. The molecule has 10 heteroatoms. The maximum absolute atomic E-state index is 11.2. The molecule has 0 fully saturated rings. The van der Waals surface area contributed by atoms with Crippen LogP contribution >= 0.6 is 7.75 Å². The first-order valence-corrected chi connectivity index (χ1v) is 6.84. The fourth-order valence-corrected chi connectivity index (χ4v) is 2.23. The van der Waals surface area contributed by atoms with Gasteiger partial charge in [-0.1, -0.05) is 0 Å². The number of nitrogens with zero attached hydrogens (tertiary/aromatic N) is 2. The van der Waals surface area contributed by atoms with E-state index in [-0.39, 0.29) is 19.5 Å². The number of imide groups is 1. The van der Waals surface area contributed by atoms with Crippen LogP contribution in [-0.2, 0) is 18.9 Å². The van der Waals surface area contributed by atoms with E-state index in [9.17, 15) is 18.9 Å². The topological polar surface area (TPSA) is 135 Å². The van der Waals surface area contributed by atoms with Gasteiger partial charge in [0.15, 0.2) is 0 Å². The van der Waals surface area contributed by atoms with Crippen molar-refractivity contribution < 1.29 is 33.8 Å². The molecule has 1 rings (SSSR count). The molecule has 0 radical (unpaired) electrons. The Labute approximate surface area is 108 Å². The van der Waals surface area contributed by atoms with Crippen LogP contribution in [0.3, 0.4) is 0 Å². The number of carboxylic acids is 1. The Hall–Kier alpha value is -1.54.